The summed E-state index contributed by atoms with van der Waals surface area (Å²) in [5.41, 5.74) is 1.64. The molecule has 0 saturated carbocycles. The molecule has 1 saturated heterocycles. The molecular formula is C21H22N4O2S3. The molecule has 1 aromatic heterocycles. The number of nitrogens with zero attached hydrogens (tertiary/aromatic N) is 3. The number of benzene rings is 2. The Kier molecular flexibility index (Phi) is 6.14. The fourth-order valence-corrected chi connectivity index (χ4v) is 5.53. The van der Waals surface area contributed by atoms with Crippen LogP contribution >= 0.6 is 23.6 Å². The van der Waals surface area contributed by atoms with Crippen molar-refractivity contribution in [1.29, 1.82) is 0 Å². The van der Waals surface area contributed by atoms with Crippen molar-refractivity contribution in [2.24, 2.45) is 0 Å². The van der Waals surface area contributed by atoms with Gasteiger partial charge in [-0.15, -0.1) is 11.3 Å². The zero-order chi connectivity index (χ0) is 21.1. The summed E-state index contributed by atoms with van der Waals surface area (Å²) in [6.07, 6.45) is 0. The largest absolute Gasteiger partial charge is 0.346 e. The molecule has 2 aromatic carbocycles. The van der Waals surface area contributed by atoms with Crippen LogP contribution in [0.1, 0.15) is 0 Å². The number of sulfone groups is 1. The predicted molar refractivity (Wildman–Crippen MR) is 125 cm³/mol. The lowest BCUT2D eigenvalue weighted by Gasteiger charge is -2.33. The maximum Gasteiger partial charge on any atom is 0.206 e. The molecule has 156 valence electrons. The first-order valence-electron chi connectivity index (χ1n) is 9.54. The first kappa shape index (κ1) is 20.9. The smallest absolute Gasteiger partial charge is 0.206 e. The number of rotatable bonds is 4. The number of piperazine rings is 1. The standard InChI is InChI=1S/C21H22N4O2S3/c1-24-11-13-25(14-12-24)21(28)23-20-22-19(15-29-20)16-7-9-18(10-8-16)30(26,27)17-5-3-2-4-6-17/h2-10,15H,11-14H2,1H3,(H,22,23,28). The van der Waals surface area contributed by atoms with E-state index < -0.39 is 9.84 Å². The number of anilines is 1. The molecule has 2 heterocycles. The fraction of sp³-hybridized carbons (Fsp3) is 0.238. The molecule has 0 radical (unpaired) electrons. The van der Waals surface area contributed by atoms with Crippen molar-refractivity contribution >= 4 is 43.6 Å². The Labute approximate surface area is 186 Å². The molecule has 9 heteroatoms. The summed E-state index contributed by atoms with van der Waals surface area (Å²) in [6.45, 7) is 3.78. The van der Waals surface area contributed by atoms with Crippen molar-refractivity contribution in [3.63, 3.8) is 0 Å². The summed E-state index contributed by atoms with van der Waals surface area (Å²) < 4.78 is 25.5. The van der Waals surface area contributed by atoms with Crippen LogP contribution in [0.2, 0.25) is 0 Å². The SMILES string of the molecule is CN1CCN(C(=S)Nc2nc(-c3ccc(S(=O)(=O)c4ccccc4)cc3)cs2)CC1. The summed E-state index contributed by atoms with van der Waals surface area (Å²) in [7, 11) is -1.41. The third-order valence-corrected chi connectivity index (χ3v) is 7.93. The van der Waals surface area contributed by atoms with Gasteiger partial charge in [0.05, 0.1) is 15.5 Å². The van der Waals surface area contributed by atoms with Gasteiger partial charge in [-0.1, -0.05) is 30.3 Å². The van der Waals surface area contributed by atoms with E-state index in [0.717, 1.165) is 42.6 Å². The van der Waals surface area contributed by atoms with Crippen LogP contribution in [0.25, 0.3) is 11.3 Å². The number of hydrogen-bond acceptors (Lipinski definition) is 6. The Morgan fingerprint density at radius 2 is 1.63 bits per heavy atom. The van der Waals surface area contributed by atoms with E-state index in [1.807, 2.05) is 5.38 Å². The van der Waals surface area contributed by atoms with Crippen molar-refractivity contribution in [1.82, 2.24) is 14.8 Å². The van der Waals surface area contributed by atoms with Gasteiger partial charge in [0, 0.05) is 37.1 Å². The van der Waals surface area contributed by atoms with E-state index in [4.69, 9.17) is 12.2 Å². The van der Waals surface area contributed by atoms with Crippen LogP contribution in [0.15, 0.2) is 69.8 Å². The van der Waals surface area contributed by atoms with Crippen molar-refractivity contribution < 1.29 is 8.42 Å². The van der Waals surface area contributed by atoms with Crippen LogP contribution < -0.4 is 5.32 Å². The van der Waals surface area contributed by atoms with Gasteiger partial charge >= 0.3 is 0 Å². The fourth-order valence-electron chi connectivity index (χ4n) is 3.18. The third kappa shape index (κ3) is 4.54. The van der Waals surface area contributed by atoms with Gasteiger partial charge in [-0.25, -0.2) is 13.4 Å². The van der Waals surface area contributed by atoms with Crippen LogP contribution in [0, 0.1) is 0 Å². The summed E-state index contributed by atoms with van der Waals surface area (Å²) in [4.78, 5) is 9.60. The lowest BCUT2D eigenvalue weighted by molar-refractivity contribution is 0.217. The first-order chi connectivity index (χ1) is 14.4. The highest BCUT2D eigenvalue weighted by atomic mass is 32.2. The molecule has 4 rings (SSSR count). The van der Waals surface area contributed by atoms with Crippen LogP contribution in [0.5, 0.6) is 0 Å². The second kappa shape index (κ2) is 8.81. The average molecular weight is 459 g/mol. The van der Waals surface area contributed by atoms with Crippen LogP contribution in [0.3, 0.4) is 0 Å². The second-order valence-electron chi connectivity index (χ2n) is 7.10. The van der Waals surface area contributed by atoms with Crippen LogP contribution in [0.4, 0.5) is 5.13 Å². The van der Waals surface area contributed by atoms with Gasteiger partial charge in [0.25, 0.3) is 0 Å². The average Bonchev–Trinajstić information content (AvgIpc) is 3.23. The van der Waals surface area contributed by atoms with E-state index in [1.165, 1.54) is 11.3 Å². The molecule has 1 aliphatic heterocycles. The van der Waals surface area contributed by atoms with Crippen molar-refractivity contribution in [3.8, 4) is 11.3 Å². The third-order valence-electron chi connectivity index (χ3n) is 5.02. The van der Waals surface area contributed by atoms with E-state index >= 15 is 0 Å². The molecule has 1 aliphatic rings. The molecular weight excluding hydrogens is 436 g/mol. The Morgan fingerprint density at radius 1 is 1.00 bits per heavy atom. The maximum atomic E-state index is 12.7. The molecule has 0 spiro atoms. The van der Waals surface area contributed by atoms with E-state index in [9.17, 15) is 8.42 Å². The Morgan fingerprint density at radius 3 is 2.30 bits per heavy atom. The molecule has 1 N–H and O–H groups in total. The molecule has 0 unspecified atom stereocenters. The van der Waals surface area contributed by atoms with Gasteiger partial charge in [0.15, 0.2) is 10.2 Å². The number of thiocarbonyl (C=S) groups is 1. The van der Waals surface area contributed by atoms with Gasteiger partial charge in [0.2, 0.25) is 9.84 Å². The monoisotopic (exact) mass is 458 g/mol. The zero-order valence-electron chi connectivity index (χ0n) is 16.5. The molecule has 6 nitrogen and oxygen atoms in total. The van der Waals surface area contributed by atoms with Gasteiger partial charge < -0.3 is 15.1 Å². The molecule has 30 heavy (non-hydrogen) atoms. The highest BCUT2D eigenvalue weighted by Gasteiger charge is 2.19. The normalized spacial score (nSPS) is 15.2. The summed E-state index contributed by atoms with van der Waals surface area (Å²) in [6, 6.07) is 15.3. The number of nitrogens with one attached hydrogen (secondary N) is 1. The van der Waals surface area contributed by atoms with Crippen LogP contribution in [-0.2, 0) is 9.84 Å². The van der Waals surface area contributed by atoms with Gasteiger partial charge in [-0.3, -0.25) is 0 Å². The number of hydrogen-bond donors (Lipinski definition) is 1. The van der Waals surface area contributed by atoms with Crippen molar-refractivity contribution in [2.75, 3.05) is 38.5 Å². The van der Waals surface area contributed by atoms with E-state index in [-0.39, 0.29) is 9.79 Å². The minimum atomic E-state index is -3.52. The van der Waals surface area contributed by atoms with E-state index in [2.05, 4.69) is 27.1 Å². The number of thiazole rings is 1. The van der Waals surface area contributed by atoms with E-state index in [0.29, 0.717) is 5.11 Å². The topological polar surface area (TPSA) is 65.5 Å². The minimum absolute atomic E-state index is 0.266. The van der Waals surface area contributed by atoms with E-state index in [1.54, 1.807) is 54.6 Å². The minimum Gasteiger partial charge on any atom is -0.346 e. The maximum absolute atomic E-state index is 12.7. The van der Waals surface area contributed by atoms with Gasteiger partial charge in [-0.2, -0.15) is 0 Å². The summed E-state index contributed by atoms with van der Waals surface area (Å²) in [5, 5.41) is 6.58. The Balaban J connectivity index is 1.46. The molecule has 0 aliphatic carbocycles. The van der Waals surface area contributed by atoms with Crippen LogP contribution in [-0.4, -0.2) is 61.5 Å². The zero-order valence-corrected chi connectivity index (χ0v) is 18.9. The molecule has 0 atom stereocenters. The Hall–Kier alpha value is -2.33. The lowest BCUT2D eigenvalue weighted by Crippen LogP contribution is -2.48. The second-order valence-corrected chi connectivity index (χ2v) is 10.3. The summed E-state index contributed by atoms with van der Waals surface area (Å²) >= 11 is 7.00. The predicted octanol–water partition coefficient (Wildman–Crippen LogP) is 3.59. The molecule has 3 aromatic rings. The molecule has 0 amide bonds. The van der Waals surface area contributed by atoms with Crippen molar-refractivity contribution in [3.05, 3.63) is 60.0 Å². The quantitative estimate of drug-likeness (QED) is 0.600. The van der Waals surface area contributed by atoms with Gasteiger partial charge in [0.1, 0.15) is 0 Å². The number of likely N-dealkylation sites (N-methyl/N-ethyl adjacent to an activating group) is 1. The highest BCUT2D eigenvalue weighted by Crippen LogP contribution is 2.28. The lowest BCUT2D eigenvalue weighted by atomic mass is 10.2. The van der Waals surface area contributed by atoms with Gasteiger partial charge in [-0.05, 0) is 43.5 Å². The summed E-state index contributed by atoms with van der Waals surface area (Å²) in [5.74, 6) is 0. The number of aromatic nitrogens is 1. The Bertz CT molecular complexity index is 1120. The first-order valence-corrected chi connectivity index (χ1v) is 12.3. The van der Waals surface area contributed by atoms with Crippen molar-refractivity contribution in [2.45, 2.75) is 9.79 Å². The molecule has 1 fully saturated rings. The highest BCUT2D eigenvalue weighted by molar-refractivity contribution is 7.91. The molecule has 0 bridgehead atoms.